The third kappa shape index (κ3) is 3.08. The Kier molecular flexibility index (Phi) is 4.06. The summed E-state index contributed by atoms with van der Waals surface area (Å²) in [5, 5.41) is 30.1. The van der Waals surface area contributed by atoms with E-state index in [1.807, 2.05) is 0 Å². The van der Waals surface area contributed by atoms with Crippen molar-refractivity contribution in [1.29, 1.82) is 0 Å². The van der Waals surface area contributed by atoms with Gasteiger partial charge in [0, 0.05) is 4.92 Å². The van der Waals surface area contributed by atoms with Crippen molar-refractivity contribution in [3.63, 3.8) is 0 Å². The largest absolute Gasteiger partial charge is 0.457 e. The standard InChI is InChI=1S/C4H5N3O7/c8-2-3(5(9)10)1-4(6(11)12)7(13)14/h2-4H,1H2. The number of hydrogen-bond donors (Lipinski definition) is 0. The molecule has 0 saturated heterocycles. The van der Waals surface area contributed by atoms with E-state index >= 15 is 0 Å². The Bertz CT molecular complexity index is 262. The average Bonchev–Trinajstić information content (AvgIpc) is 2.03. The molecular formula is C4H5N3O7. The number of aldehydes is 1. The van der Waals surface area contributed by atoms with Crippen molar-refractivity contribution in [3.8, 4) is 0 Å². The van der Waals surface area contributed by atoms with Crippen molar-refractivity contribution in [1.82, 2.24) is 0 Å². The van der Waals surface area contributed by atoms with Gasteiger partial charge in [0.1, 0.15) is 0 Å². The smallest absolute Gasteiger partial charge is 0.296 e. The third-order valence-electron chi connectivity index (χ3n) is 1.37. The molecule has 10 nitrogen and oxygen atoms in total. The summed E-state index contributed by atoms with van der Waals surface area (Å²) in [6.45, 7) is 0. The van der Waals surface area contributed by atoms with Crippen LogP contribution in [0.3, 0.4) is 0 Å². The second-order valence-electron chi connectivity index (χ2n) is 2.28. The van der Waals surface area contributed by atoms with Gasteiger partial charge in [0.05, 0.1) is 9.85 Å². The first-order valence-electron chi connectivity index (χ1n) is 3.26. The Morgan fingerprint density at radius 3 is 1.64 bits per heavy atom. The van der Waals surface area contributed by atoms with E-state index in [0.29, 0.717) is 0 Å². The summed E-state index contributed by atoms with van der Waals surface area (Å²) >= 11 is 0. The van der Waals surface area contributed by atoms with E-state index < -0.39 is 33.4 Å². The van der Waals surface area contributed by atoms with Gasteiger partial charge in [0.2, 0.25) is 0 Å². The van der Waals surface area contributed by atoms with Crippen LogP contribution in [0.2, 0.25) is 0 Å². The minimum Gasteiger partial charge on any atom is -0.296 e. The Labute approximate surface area is 76.0 Å². The first kappa shape index (κ1) is 11.9. The maximum atomic E-state index is 10.0. The Morgan fingerprint density at radius 1 is 1.00 bits per heavy atom. The lowest BCUT2D eigenvalue weighted by Crippen LogP contribution is -2.36. The first-order chi connectivity index (χ1) is 6.40. The zero-order chi connectivity index (χ0) is 11.3. The van der Waals surface area contributed by atoms with E-state index in [0.717, 1.165) is 0 Å². The van der Waals surface area contributed by atoms with E-state index in [1.165, 1.54) is 0 Å². The quantitative estimate of drug-likeness (QED) is 0.237. The lowest BCUT2D eigenvalue weighted by molar-refractivity contribution is -0.747. The van der Waals surface area contributed by atoms with Crippen molar-refractivity contribution < 1.29 is 19.6 Å². The monoisotopic (exact) mass is 207 g/mol. The highest BCUT2D eigenvalue weighted by Crippen LogP contribution is 2.04. The highest BCUT2D eigenvalue weighted by molar-refractivity contribution is 5.55. The van der Waals surface area contributed by atoms with Crippen LogP contribution in [-0.4, -0.2) is 33.3 Å². The zero-order valence-electron chi connectivity index (χ0n) is 6.64. The van der Waals surface area contributed by atoms with Crippen LogP contribution in [0.5, 0.6) is 0 Å². The molecule has 0 aromatic rings. The third-order valence-corrected chi connectivity index (χ3v) is 1.37. The Morgan fingerprint density at radius 2 is 1.43 bits per heavy atom. The molecule has 0 saturated carbocycles. The van der Waals surface area contributed by atoms with Crippen LogP contribution in [0.15, 0.2) is 0 Å². The topological polar surface area (TPSA) is 146 Å². The van der Waals surface area contributed by atoms with Gasteiger partial charge in [-0.25, -0.2) is 0 Å². The van der Waals surface area contributed by atoms with Crippen molar-refractivity contribution >= 4 is 6.29 Å². The highest BCUT2D eigenvalue weighted by atomic mass is 16.7. The van der Waals surface area contributed by atoms with Crippen LogP contribution in [0.25, 0.3) is 0 Å². The summed E-state index contributed by atoms with van der Waals surface area (Å²) in [6, 6.07) is -1.92. The normalized spacial score (nSPS) is 12.1. The molecule has 10 heteroatoms. The molecule has 0 aliphatic heterocycles. The molecule has 0 N–H and O–H groups in total. The number of nitrogens with zero attached hydrogens (tertiary/aromatic N) is 3. The summed E-state index contributed by atoms with van der Waals surface area (Å²) in [5.41, 5.74) is 0. The summed E-state index contributed by atoms with van der Waals surface area (Å²) in [4.78, 5) is 36.5. The molecule has 0 amide bonds. The Hall–Kier alpha value is -2.13. The molecule has 1 unspecified atom stereocenters. The van der Waals surface area contributed by atoms with Crippen LogP contribution in [0.4, 0.5) is 0 Å². The van der Waals surface area contributed by atoms with Gasteiger partial charge in [-0.1, -0.05) is 0 Å². The van der Waals surface area contributed by atoms with Gasteiger partial charge in [-0.2, -0.15) is 0 Å². The van der Waals surface area contributed by atoms with Crippen LogP contribution < -0.4 is 0 Å². The second kappa shape index (κ2) is 4.79. The van der Waals surface area contributed by atoms with Crippen molar-refractivity contribution in [2.75, 3.05) is 0 Å². The molecular weight excluding hydrogens is 202 g/mol. The van der Waals surface area contributed by atoms with E-state index in [9.17, 15) is 35.1 Å². The van der Waals surface area contributed by atoms with Crippen molar-refractivity contribution in [3.05, 3.63) is 30.3 Å². The molecule has 78 valence electrons. The predicted molar refractivity (Wildman–Crippen MR) is 39.2 cm³/mol. The number of carbonyl (C=O) groups excluding carboxylic acids is 1. The number of nitro groups is 3. The van der Waals surface area contributed by atoms with E-state index in [2.05, 4.69) is 0 Å². The zero-order valence-corrected chi connectivity index (χ0v) is 6.64. The molecule has 0 spiro atoms. The van der Waals surface area contributed by atoms with Crippen molar-refractivity contribution in [2.45, 2.75) is 18.6 Å². The molecule has 0 aliphatic rings. The highest BCUT2D eigenvalue weighted by Gasteiger charge is 2.40. The van der Waals surface area contributed by atoms with E-state index in [-0.39, 0.29) is 6.29 Å². The fourth-order valence-electron chi connectivity index (χ4n) is 0.656. The minimum absolute atomic E-state index is 0.167. The molecule has 0 heterocycles. The number of hydrogen-bond acceptors (Lipinski definition) is 7. The molecule has 0 fully saturated rings. The summed E-state index contributed by atoms with van der Waals surface area (Å²) < 4.78 is 0. The molecule has 0 bridgehead atoms. The van der Waals surface area contributed by atoms with Crippen LogP contribution in [0, 0.1) is 30.3 Å². The fraction of sp³-hybridized carbons (Fsp3) is 0.750. The number of carbonyl (C=O) groups is 1. The second-order valence-corrected chi connectivity index (χ2v) is 2.28. The van der Waals surface area contributed by atoms with E-state index in [4.69, 9.17) is 0 Å². The van der Waals surface area contributed by atoms with Gasteiger partial charge >= 0.3 is 6.17 Å². The molecule has 1 atom stereocenters. The predicted octanol–water partition coefficient (Wildman–Crippen LogP) is -0.900. The van der Waals surface area contributed by atoms with Gasteiger partial charge in [-0.3, -0.25) is 35.1 Å². The van der Waals surface area contributed by atoms with Gasteiger partial charge in [-0.05, 0) is 0 Å². The summed E-state index contributed by atoms with van der Waals surface area (Å²) in [7, 11) is 0. The molecule has 0 aliphatic carbocycles. The van der Waals surface area contributed by atoms with Crippen molar-refractivity contribution in [2.24, 2.45) is 0 Å². The molecule has 0 aromatic carbocycles. The lowest BCUT2D eigenvalue weighted by atomic mass is 10.2. The Balaban J connectivity index is 4.57. The van der Waals surface area contributed by atoms with E-state index in [1.54, 1.807) is 0 Å². The maximum Gasteiger partial charge on any atom is 0.457 e. The summed E-state index contributed by atoms with van der Waals surface area (Å²) in [5.74, 6) is 0. The number of rotatable bonds is 6. The molecule has 0 rings (SSSR count). The van der Waals surface area contributed by atoms with Gasteiger partial charge < -0.3 is 0 Å². The van der Waals surface area contributed by atoms with Gasteiger partial charge in [-0.15, -0.1) is 0 Å². The molecule has 0 aromatic heterocycles. The van der Waals surface area contributed by atoms with Gasteiger partial charge in [0.15, 0.2) is 12.7 Å². The van der Waals surface area contributed by atoms with Gasteiger partial charge in [0.25, 0.3) is 6.04 Å². The first-order valence-corrected chi connectivity index (χ1v) is 3.26. The van der Waals surface area contributed by atoms with Crippen LogP contribution >= 0.6 is 0 Å². The molecule has 0 radical (unpaired) electrons. The SMILES string of the molecule is O=CC(CC([N+](=O)[O-])[N+](=O)[O-])[N+](=O)[O-]. The van der Waals surface area contributed by atoms with Crippen LogP contribution in [0.1, 0.15) is 6.42 Å². The maximum absolute atomic E-state index is 10.0. The summed E-state index contributed by atoms with van der Waals surface area (Å²) in [6.07, 6.45) is -3.54. The van der Waals surface area contributed by atoms with Crippen LogP contribution in [-0.2, 0) is 4.79 Å². The lowest BCUT2D eigenvalue weighted by Gasteiger charge is -2.02. The molecule has 14 heavy (non-hydrogen) atoms. The fourth-order valence-corrected chi connectivity index (χ4v) is 0.656. The minimum atomic E-state index is -2.32. The average molecular weight is 207 g/mol.